The third-order valence-electron chi connectivity index (χ3n) is 2.51. The average molecular weight is 298 g/mol. The summed E-state index contributed by atoms with van der Waals surface area (Å²) in [7, 11) is 1.69. The van der Waals surface area contributed by atoms with Crippen molar-refractivity contribution in [3.8, 4) is 0 Å². The van der Waals surface area contributed by atoms with Gasteiger partial charge in [-0.25, -0.2) is 4.98 Å². The lowest BCUT2D eigenvalue weighted by Gasteiger charge is -2.07. The highest BCUT2D eigenvalue weighted by Crippen LogP contribution is 2.28. The zero-order valence-corrected chi connectivity index (χ0v) is 12.2. The molecule has 2 N–H and O–H groups in total. The van der Waals surface area contributed by atoms with Crippen molar-refractivity contribution in [2.75, 3.05) is 20.3 Å². The van der Waals surface area contributed by atoms with Crippen LogP contribution in [0.1, 0.15) is 5.56 Å². The highest BCUT2D eigenvalue weighted by atomic mass is 35.5. The van der Waals surface area contributed by atoms with E-state index >= 15 is 0 Å². The molecule has 0 fully saturated rings. The van der Waals surface area contributed by atoms with E-state index in [0.717, 1.165) is 33.7 Å². The van der Waals surface area contributed by atoms with Crippen LogP contribution in [0.2, 0.25) is 5.02 Å². The number of nitrogens with zero attached hydrogens (tertiary/aromatic N) is 1. The Bertz CT molecular complexity index is 505. The summed E-state index contributed by atoms with van der Waals surface area (Å²) in [6.07, 6.45) is 3.54. The predicted octanol–water partition coefficient (Wildman–Crippen LogP) is 2.95. The predicted molar refractivity (Wildman–Crippen MR) is 77.7 cm³/mol. The number of hydrogen-bond donors (Lipinski definition) is 2. The van der Waals surface area contributed by atoms with Crippen molar-refractivity contribution in [2.24, 2.45) is 0 Å². The molecular weight excluding hydrogens is 282 g/mol. The molecule has 0 saturated heterocycles. The minimum Gasteiger partial charge on any atom is -0.383 e. The van der Waals surface area contributed by atoms with Gasteiger partial charge in [-0.15, -0.1) is 0 Å². The molecule has 0 bridgehead atoms. The molecule has 0 aliphatic heterocycles. The largest absolute Gasteiger partial charge is 0.383 e. The quantitative estimate of drug-likeness (QED) is 0.772. The molecule has 2 rings (SSSR count). The van der Waals surface area contributed by atoms with Crippen LogP contribution >= 0.6 is 23.4 Å². The number of rotatable bonds is 7. The number of hydrogen-bond acceptors (Lipinski definition) is 4. The molecule has 1 aromatic carbocycles. The maximum Gasteiger partial charge on any atom is 0.170 e. The number of H-pyrrole nitrogens is 1. The Morgan fingerprint density at radius 1 is 1.47 bits per heavy atom. The van der Waals surface area contributed by atoms with Gasteiger partial charge in [0, 0.05) is 42.5 Å². The molecule has 2 aromatic rings. The summed E-state index contributed by atoms with van der Waals surface area (Å²) in [5.74, 6) is 0. The maximum absolute atomic E-state index is 6.27. The van der Waals surface area contributed by atoms with E-state index in [1.807, 2.05) is 18.2 Å². The van der Waals surface area contributed by atoms with E-state index in [2.05, 4.69) is 15.3 Å². The van der Waals surface area contributed by atoms with Crippen molar-refractivity contribution in [1.29, 1.82) is 0 Å². The first kappa shape index (κ1) is 14.4. The number of nitrogens with one attached hydrogen (secondary N) is 2. The summed E-state index contributed by atoms with van der Waals surface area (Å²) in [5.41, 5.74) is 1.08. The van der Waals surface area contributed by atoms with Crippen LogP contribution in [0.25, 0.3) is 0 Å². The zero-order valence-electron chi connectivity index (χ0n) is 10.6. The second-order valence-electron chi connectivity index (χ2n) is 3.92. The van der Waals surface area contributed by atoms with Gasteiger partial charge in [0.2, 0.25) is 0 Å². The monoisotopic (exact) mass is 297 g/mol. The second kappa shape index (κ2) is 7.55. The van der Waals surface area contributed by atoms with E-state index in [0.29, 0.717) is 6.61 Å². The van der Waals surface area contributed by atoms with Crippen LogP contribution in [-0.2, 0) is 11.3 Å². The molecule has 6 heteroatoms. The van der Waals surface area contributed by atoms with Gasteiger partial charge in [0.25, 0.3) is 0 Å². The number of benzene rings is 1. The fourth-order valence-electron chi connectivity index (χ4n) is 1.55. The van der Waals surface area contributed by atoms with E-state index in [1.165, 1.54) is 0 Å². The van der Waals surface area contributed by atoms with Crippen LogP contribution in [0.5, 0.6) is 0 Å². The number of aromatic amines is 1. The fraction of sp³-hybridized carbons (Fsp3) is 0.308. The molecule has 0 amide bonds. The lowest BCUT2D eigenvalue weighted by atomic mass is 10.2. The molecule has 0 unspecified atom stereocenters. The topological polar surface area (TPSA) is 49.9 Å². The lowest BCUT2D eigenvalue weighted by molar-refractivity contribution is 0.199. The van der Waals surface area contributed by atoms with Gasteiger partial charge in [-0.2, -0.15) is 0 Å². The third kappa shape index (κ3) is 4.54. The first-order valence-electron chi connectivity index (χ1n) is 5.95. The summed E-state index contributed by atoms with van der Waals surface area (Å²) in [6, 6.07) is 6.04. The molecule has 0 aliphatic rings. The van der Waals surface area contributed by atoms with Crippen LogP contribution < -0.4 is 5.32 Å². The van der Waals surface area contributed by atoms with Crippen LogP contribution in [0.4, 0.5) is 0 Å². The highest BCUT2D eigenvalue weighted by molar-refractivity contribution is 7.99. The first-order valence-corrected chi connectivity index (χ1v) is 7.14. The Hall–Kier alpha value is -1.01. The Morgan fingerprint density at radius 3 is 3.05 bits per heavy atom. The third-order valence-corrected chi connectivity index (χ3v) is 3.77. The minimum atomic E-state index is 0.698. The van der Waals surface area contributed by atoms with Gasteiger partial charge < -0.3 is 15.0 Å². The smallest absolute Gasteiger partial charge is 0.170 e. The van der Waals surface area contributed by atoms with Crippen LogP contribution in [0.15, 0.2) is 40.6 Å². The summed E-state index contributed by atoms with van der Waals surface area (Å²) in [5, 5.41) is 4.90. The molecule has 0 saturated carbocycles. The molecule has 0 atom stereocenters. The number of ether oxygens (including phenoxy) is 1. The molecule has 0 spiro atoms. The van der Waals surface area contributed by atoms with Crippen LogP contribution in [-0.4, -0.2) is 30.2 Å². The van der Waals surface area contributed by atoms with Crippen molar-refractivity contribution in [2.45, 2.75) is 16.6 Å². The van der Waals surface area contributed by atoms with Gasteiger partial charge in [-0.3, -0.25) is 0 Å². The number of methoxy groups -OCH3 is 1. The standard InChI is InChI=1S/C13H16ClN3OS/c1-18-7-6-15-9-10-2-3-11(8-12(10)14)19-13-16-4-5-17-13/h2-5,8,15H,6-7,9H2,1H3,(H,16,17). The van der Waals surface area contributed by atoms with Gasteiger partial charge >= 0.3 is 0 Å². The van der Waals surface area contributed by atoms with E-state index in [1.54, 1.807) is 31.3 Å². The van der Waals surface area contributed by atoms with Gasteiger partial charge in [0.15, 0.2) is 5.16 Å². The molecule has 4 nitrogen and oxygen atoms in total. The Morgan fingerprint density at radius 2 is 2.37 bits per heavy atom. The fourth-order valence-corrected chi connectivity index (χ4v) is 2.64. The molecule has 0 aliphatic carbocycles. The number of aromatic nitrogens is 2. The van der Waals surface area contributed by atoms with Crippen molar-refractivity contribution in [1.82, 2.24) is 15.3 Å². The highest BCUT2D eigenvalue weighted by Gasteiger charge is 2.04. The first-order chi connectivity index (χ1) is 9.29. The molecule has 19 heavy (non-hydrogen) atoms. The Kier molecular flexibility index (Phi) is 5.72. The van der Waals surface area contributed by atoms with E-state index < -0.39 is 0 Å². The van der Waals surface area contributed by atoms with Gasteiger partial charge in [0.05, 0.1) is 6.61 Å². The summed E-state index contributed by atoms with van der Waals surface area (Å²) in [6.45, 7) is 2.26. The van der Waals surface area contributed by atoms with E-state index in [-0.39, 0.29) is 0 Å². The van der Waals surface area contributed by atoms with E-state index in [4.69, 9.17) is 16.3 Å². The average Bonchev–Trinajstić information content (AvgIpc) is 2.90. The Balaban J connectivity index is 1.93. The van der Waals surface area contributed by atoms with Gasteiger partial charge in [0.1, 0.15) is 0 Å². The van der Waals surface area contributed by atoms with Crippen molar-refractivity contribution < 1.29 is 4.74 Å². The SMILES string of the molecule is COCCNCc1ccc(Sc2ncc[nH]2)cc1Cl. The number of halogens is 1. The number of imidazole rings is 1. The molecule has 1 aromatic heterocycles. The minimum absolute atomic E-state index is 0.698. The normalized spacial score (nSPS) is 10.8. The van der Waals surface area contributed by atoms with Crippen LogP contribution in [0, 0.1) is 0 Å². The lowest BCUT2D eigenvalue weighted by Crippen LogP contribution is -2.18. The second-order valence-corrected chi connectivity index (χ2v) is 5.39. The summed E-state index contributed by atoms with van der Waals surface area (Å²) in [4.78, 5) is 8.29. The molecule has 102 valence electrons. The molecule has 0 radical (unpaired) electrons. The Labute approximate surface area is 121 Å². The summed E-state index contributed by atoms with van der Waals surface area (Å²) < 4.78 is 4.98. The van der Waals surface area contributed by atoms with E-state index in [9.17, 15) is 0 Å². The molecule has 1 heterocycles. The molecular formula is C13H16ClN3OS. The maximum atomic E-state index is 6.27. The van der Waals surface area contributed by atoms with Gasteiger partial charge in [-0.1, -0.05) is 29.4 Å². The van der Waals surface area contributed by atoms with Crippen LogP contribution in [0.3, 0.4) is 0 Å². The van der Waals surface area contributed by atoms with Crippen molar-refractivity contribution in [3.63, 3.8) is 0 Å². The summed E-state index contributed by atoms with van der Waals surface area (Å²) >= 11 is 7.82. The van der Waals surface area contributed by atoms with Gasteiger partial charge in [-0.05, 0) is 17.7 Å². The van der Waals surface area contributed by atoms with Crippen molar-refractivity contribution in [3.05, 3.63) is 41.2 Å². The zero-order chi connectivity index (χ0) is 13.5. The van der Waals surface area contributed by atoms with Crippen molar-refractivity contribution >= 4 is 23.4 Å².